The summed E-state index contributed by atoms with van der Waals surface area (Å²) in [7, 11) is 0. The van der Waals surface area contributed by atoms with E-state index in [-0.39, 0.29) is 18.6 Å². The van der Waals surface area contributed by atoms with Gasteiger partial charge in [0.15, 0.2) is 0 Å². The number of carbonyl (C=O) groups excluding carboxylic acids is 2. The van der Waals surface area contributed by atoms with Gasteiger partial charge < -0.3 is 19.6 Å². The molecule has 228 valence electrons. The number of alkyl halides is 3. The Morgan fingerprint density at radius 3 is 2.43 bits per heavy atom. The summed E-state index contributed by atoms with van der Waals surface area (Å²) < 4.78 is 47.3. The lowest BCUT2D eigenvalue weighted by molar-refractivity contribution is -0.144. The Balaban J connectivity index is 1.30. The third-order valence-corrected chi connectivity index (χ3v) is 9.14. The van der Waals surface area contributed by atoms with Crippen molar-refractivity contribution in [1.29, 1.82) is 0 Å². The molecule has 3 fully saturated rings. The molecule has 10 heteroatoms. The zero-order chi connectivity index (χ0) is 29.9. The highest BCUT2D eigenvalue weighted by molar-refractivity contribution is 5.95. The van der Waals surface area contributed by atoms with Gasteiger partial charge >= 0.3 is 6.18 Å². The molecule has 7 nitrogen and oxygen atoms in total. The fourth-order valence-electron chi connectivity index (χ4n) is 6.93. The first-order valence-corrected chi connectivity index (χ1v) is 15.2. The second-order valence-electron chi connectivity index (χ2n) is 11.9. The number of amides is 2. The first kappa shape index (κ1) is 30.3. The Labute approximate surface area is 245 Å². The maximum Gasteiger partial charge on any atom is 0.418 e. The van der Waals surface area contributed by atoms with Gasteiger partial charge in [0.1, 0.15) is 11.4 Å². The van der Waals surface area contributed by atoms with Gasteiger partial charge in [-0.2, -0.15) is 13.2 Å². The average molecular weight is 588 g/mol. The molecule has 2 aromatic rings. The molecule has 2 atom stereocenters. The van der Waals surface area contributed by atoms with Gasteiger partial charge in [-0.25, -0.2) is 0 Å². The lowest BCUT2D eigenvalue weighted by Crippen LogP contribution is -2.55. The van der Waals surface area contributed by atoms with Crippen LogP contribution in [0.1, 0.15) is 92.7 Å². The molecular formula is C32H40F3N3O4. The van der Waals surface area contributed by atoms with Gasteiger partial charge in [-0.1, -0.05) is 31.5 Å². The standard InChI is InChI=1S/C32H40F3N3O4/c1-2-9-26-23(12-8-19-38(26)30(40)28-25(32(33,34)35)14-7-18-36-28)29(39)37-20-16-31(41,17-21-37)24-13-5-6-15-27(24)42-22-10-3-4-11-22/h5-7,13-15,18,22-23,26,41H,2-4,8-12,16-17,19-21H2,1H3. The minimum absolute atomic E-state index is 0.111. The van der Waals surface area contributed by atoms with Crippen LogP contribution >= 0.6 is 0 Å². The van der Waals surface area contributed by atoms with Crippen molar-refractivity contribution in [3.05, 3.63) is 59.4 Å². The number of piperidine rings is 2. The number of aromatic nitrogens is 1. The molecule has 2 unspecified atom stereocenters. The molecule has 0 radical (unpaired) electrons. The van der Waals surface area contributed by atoms with Crippen LogP contribution in [0.5, 0.6) is 5.75 Å². The lowest BCUT2D eigenvalue weighted by atomic mass is 9.81. The number of nitrogens with zero attached hydrogens (tertiary/aromatic N) is 3. The highest BCUT2D eigenvalue weighted by atomic mass is 19.4. The number of benzene rings is 1. The number of pyridine rings is 1. The number of halogens is 3. The normalized spacial score (nSPS) is 23.2. The van der Waals surface area contributed by atoms with Crippen LogP contribution < -0.4 is 4.74 Å². The summed E-state index contributed by atoms with van der Waals surface area (Å²) in [6, 6.07) is 9.11. The third kappa shape index (κ3) is 6.28. The zero-order valence-corrected chi connectivity index (χ0v) is 24.1. The van der Waals surface area contributed by atoms with Crippen molar-refractivity contribution < 1.29 is 32.6 Å². The van der Waals surface area contributed by atoms with Crippen molar-refractivity contribution in [2.45, 2.75) is 95.1 Å². The molecule has 1 aromatic heterocycles. The molecule has 1 aromatic carbocycles. The first-order valence-electron chi connectivity index (χ1n) is 15.2. The van der Waals surface area contributed by atoms with Crippen molar-refractivity contribution in [2.75, 3.05) is 19.6 Å². The van der Waals surface area contributed by atoms with Crippen molar-refractivity contribution in [2.24, 2.45) is 5.92 Å². The number of hydrogen-bond acceptors (Lipinski definition) is 5. The Kier molecular flexibility index (Phi) is 9.11. The number of carbonyl (C=O) groups is 2. The molecule has 0 spiro atoms. The molecule has 1 aliphatic carbocycles. The van der Waals surface area contributed by atoms with E-state index in [0.29, 0.717) is 57.4 Å². The van der Waals surface area contributed by atoms with Gasteiger partial charge in [-0.15, -0.1) is 0 Å². The van der Waals surface area contributed by atoms with Crippen LogP contribution in [0.15, 0.2) is 42.6 Å². The van der Waals surface area contributed by atoms with Crippen molar-refractivity contribution >= 4 is 11.8 Å². The topological polar surface area (TPSA) is 83.0 Å². The van der Waals surface area contributed by atoms with Crippen molar-refractivity contribution in [1.82, 2.24) is 14.8 Å². The minimum atomic E-state index is -4.71. The molecule has 2 amide bonds. The summed E-state index contributed by atoms with van der Waals surface area (Å²) in [5, 5.41) is 11.7. The number of hydrogen-bond donors (Lipinski definition) is 1. The van der Waals surface area contributed by atoms with E-state index in [4.69, 9.17) is 4.74 Å². The summed E-state index contributed by atoms with van der Waals surface area (Å²) >= 11 is 0. The summed E-state index contributed by atoms with van der Waals surface area (Å²) in [6.45, 7) is 2.90. The lowest BCUT2D eigenvalue weighted by Gasteiger charge is -2.45. The predicted octanol–water partition coefficient (Wildman–Crippen LogP) is 5.95. The fraction of sp³-hybridized carbons (Fsp3) is 0.594. The SMILES string of the molecule is CCCC1C(C(=O)N2CCC(O)(c3ccccc3OC3CCCC3)CC2)CCCN1C(=O)c1ncccc1C(F)(F)F. The number of likely N-dealkylation sites (tertiary alicyclic amines) is 2. The monoisotopic (exact) mass is 587 g/mol. The molecule has 3 aliphatic rings. The van der Waals surface area contributed by atoms with Crippen LogP contribution in [0.2, 0.25) is 0 Å². The number of aliphatic hydroxyl groups is 1. The summed E-state index contributed by atoms with van der Waals surface area (Å²) in [4.78, 5) is 34.4. The summed E-state index contributed by atoms with van der Waals surface area (Å²) in [5.41, 5.74) is -2.07. The van der Waals surface area contributed by atoms with Crippen LogP contribution in [0.4, 0.5) is 13.2 Å². The van der Waals surface area contributed by atoms with Crippen molar-refractivity contribution in [3.8, 4) is 5.75 Å². The molecule has 2 aliphatic heterocycles. The second-order valence-corrected chi connectivity index (χ2v) is 11.9. The Bertz CT molecular complexity index is 1260. The molecule has 1 N–H and O–H groups in total. The quantitative estimate of drug-likeness (QED) is 0.433. The fourth-order valence-corrected chi connectivity index (χ4v) is 6.93. The van der Waals surface area contributed by atoms with E-state index in [9.17, 15) is 27.9 Å². The van der Waals surface area contributed by atoms with Crippen LogP contribution in [0.25, 0.3) is 0 Å². The second kappa shape index (κ2) is 12.6. The average Bonchev–Trinajstić information content (AvgIpc) is 3.50. The van der Waals surface area contributed by atoms with E-state index in [2.05, 4.69) is 4.98 Å². The van der Waals surface area contributed by atoms with Crippen LogP contribution in [0, 0.1) is 5.92 Å². The maximum absolute atomic E-state index is 13.9. The summed E-state index contributed by atoms with van der Waals surface area (Å²) in [6.07, 6.45) is 3.87. The van der Waals surface area contributed by atoms with E-state index >= 15 is 0 Å². The van der Waals surface area contributed by atoms with Gasteiger partial charge in [-0.3, -0.25) is 14.6 Å². The molecule has 1 saturated carbocycles. The van der Waals surface area contributed by atoms with Crippen molar-refractivity contribution in [3.63, 3.8) is 0 Å². The number of rotatable bonds is 7. The molecule has 0 bridgehead atoms. The molecular weight excluding hydrogens is 547 g/mol. The molecule has 5 rings (SSSR count). The van der Waals surface area contributed by atoms with Crippen LogP contribution in [0.3, 0.4) is 0 Å². The Morgan fingerprint density at radius 2 is 1.74 bits per heavy atom. The number of para-hydroxylation sites is 1. The smallest absolute Gasteiger partial charge is 0.418 e. The van der Waals surface area contributed by atoms with E-state index in [1.165, 1.54) is 17.2 Å². The number of ether oxygens (including phenoxy) is 1. The van der Waals surface area contributed by atoms with Gasteiger partial charge in [0, 0.05) is 37.4 Å². The van der Waals surface area contributed by atoms with Crippen LogP contribution in [-0.2, 0) is 16.6 Å². The van der Waals surface area contributed by atoms with Gasteiger partial charge in [0.25, 0.3) is 5.91 Å². The zero-order valence-electron chi connectivity index (χ0n) is 24.1. The van der Waals surface area contributed by atoms with E-state index in [1.807, 2.05) is 31.2 Å². The molecule has 3 heterocycles. The predicted molar refractivity (Wildman–Crippen MR) is 151 cm³/mol. The Hall–Kier alpha value is -3.14. The molecule has 2 saturated heterocycles. The Morgan fingerprint density at radius 1 is 1.02 bits per heavy atom. The molecule has 42 heavy (non-hydrogen) atoms. The third-order valence-electron chi connectivity index (χ3n) is 9.14. The first-order chi connectivity index (χ1) is 20.1. The van der Waals surface area contributed by atoms with Crippen LogP contribution in [-0.4, -0.2) is 63.5 Å². The maximum atomic E-state index is 13.9. The summed E-state index contributed by atoms with van der Waals surface area (Å²) in [5.74, 6) is -0.722. The highest BCUT2D eigenvalue weighted by Crippen LogP contribution is 2.41. The van der Waals surface area contributed by atoms with E-state index in [1.54, 1.807) is 4.90 Å². The van der Waals surface area contributed by atoms with E-state index < -0.39 is 40.9 Å². The van der Waals surface area contributed by atoms with Gasteiger partial charge in [0.2, 0.25) is 5.91 Å². The van der Waals surface area contributed by atoms with Gasteiger partial charge in [-0.05, 0) is 76.0 Å². The van der Waals surface area contributed by atoms with Gasteiger partial charge in [0.05, 0.1) is 23.2 Å². The van der Waals surface area contributed by atoms with E-state index in [0.717, 1.165) is 37.3 Å². The minimum Gasteiger partial charge on any atom is -0.490 e. The highest BCUT2D eigenvalue weighted by Gasteiger charge is 2.45. The largest absolute Gasteiger partial charge is 0.490 e.